The highest BCUT2D eigenvalue weighted by atomic mass is 16.4. The van der Waals surface area contributed by atoms with Crippen LogP contribution in [0.2, 0.25) is 0 Å². The van der Waals surface area contributed by atoms with Gasteiger partial charge >= 0.3 is 0 Å². The minimum atomic E-state index is -0.213. The Hall–Kier alpha value is -1.36. The van der Waals surface area contributed by atoms with E-state index in [0.717, 1.165) is 0 Å². The second kappa shape index (κ2) is 4.93. The standard InChI is InChI=1S/C10H17N3O2/c1-6(11-4)5-12-10(14)9-7(2)13-8(3)15-9/h6,11H,5H2,1-4H3,(H,12,14). The molecule has 1 aromatic rings. The number of nitrogens with one attached hydrogen (secondary N) is 2. The number of hydrogen-bond acceptors (Lipinski definition) is 4. The van der Waals surface area contributed by atoms with Crippen LogP contribution in [0.4, 0.5) is 0 Å². The van der Waals surface area contributed by atoms with Crippen LogP contribution in [0, 0.1) is 13.8 Å². The van der Waals surface area contributed by atoms with Crippen LogP contribution in [-0.4, -0.2) is 30.5 Å². The lowest BCUT2D eigenvalue weighted by atomic mass is 10.3. The maximum Gasteiger partial charge on any atom is 0.289 e. The van der Waals surface area contributed by atoms with Gasteiger partial charge in [0.2, 0.25) is 5.76 Å². The first-order valence-electron chi connectivity index (χ1n) is 4.94. The minimum Gasteiger partial charge on any atom is -0.436 e. The van der Waals surface area contributed by atoms with Crippen molar-refractivity contribution in [3.8, 4) is 0 Å². The molecule has 1 atom stereocenters. The van der Waals surface area contributed by atoms with Crippen molar-refractivity contribution < 1.29 is 9.21 Å². The second-order valence-electron chi connectivity index (χ2n) is 3.55. The zero-order valence-corrected chi connectivity index (χ0v) is 9.55. The van der Waals surface area contributed by atoms with Crippen molar-refractivity contribution >= 4 is 5.91 Å². The predicted octanol–water partition coefficient (Wildman–Crippen LogP) is 0.629. The molecule has 0 aliphatic carbocycles. The van der Waals surface area contributed by atoms with Crippen molar-refractivity contribution in [2.75, 3.05) is 13.6 Å². The fraction of sp³-hybridized carbons (Fsp3) is 0.600. The number of carbonyl (C=O) groups excluding carboxylic acids is 1. The molecule has 0 aromatic carbocycles. The third-order valence-corrected chi connectivity index (χ3v) is 2.17. The number of hydrogen-bond donors (Lipinski definition) is 2. The minimum absolute atomic E-state index is 0.213. The summed E-state index contributed by atoms with van der Waals surface area (Å²) in [6.45, 7) is 6.03. The summed E-state index contributed by atoms with van der Waals surface area (Å²) >= 11 is 0. The summed E-state index contributed by atoms with van der Waals surface area (Å²) in [6.07, 6.45) is 0. The van der Waals surface area contributed by atoms with E-state index >= 15 is 0 Å². The van der Waals surface area contributed by atoms with Crippen molar-refractivity contribution in [2.24, 2.45) is 0 Å². The van der Waals surface area contributed by atoms with Crippen LogP contribution in [0.5, 0.6) is 0 Å². The van der Waals surface area contributed by atoms with Gasteiger partial charge in [0, 0.05) is 19.5 Å². The SMILES string of the molecule is CNC(C)CNC(=O)c1oc(C)nc1C. The summed E-state index contributed by atoms with van der Waals surface area (Å²) < 4.78 is 5.20. The van der Waals surface area contributed by atoms with Crippen LogP contribution in [0.3, 0.4) is 0 Å². The molecule has 0 radical (unpaired) electrons. The van der Waals surface area contributed by atoms with E-state index in [9.17, 15) is 4.79 Å². The Bertz CT molecular complexity index is 346. The zero-order chi connectivity index (χ0) is 11.4. The Labute approximate surface area is 89.3 Å². The van der Waals surface area contributed by atoms with Crippen LogP contribution < -0.4 is 10.6 Å². The van der Waals surface area contributed by atoms with E-state index in [0.29, 0.717) is 23.9 Å². The largest absolute Gasteiger partial charge is 0.436 e. The van der Waals surface area contributed by atoms with Crippen molar-refractivity contribution in [1.29, 1.82) is 0 Å². The Kier molecular flexibility index (Phi) is 3.85. The summed E-state index contributed by atoms with van der Waals surface area (Å²) in [5.41, 5.74) is 0.627. The number of aryl methyl sites for hydroxylation is 2. The van der Waals surface area contributed by atoms with Gasteiger partial charge in [0.1, 0.15) is 0 Å². The smallest absolute Gasteiger partial charge is 0.289 e. The number of likely N-dealkylation sites (N-methyl/N-ethyl adjacent to an activating group) is 1. The van der Waals surface area contributed by atoms with Gasteiger partial charge in [-0.15, -0.1) is 0 Å². The Balaban J connectivity index is 2.58. The summed E-state index contributed by atoms with van der Waals surface area (Å²) in [7, 11) is 1.85. The highest BCUT2D eigenvalue weighted by Gasteiger charge is 2.15. The van der Waals surface area contributed by atoms with Gasteiger partial charge in [-0.2, -0.15) is 0 Å². The molecule has 1 aromatic heterocycles. The number of nitrogens with zero attached hydrogens (tertiary/aromatic N) is 1. The Morgan fingerprint density at radius 2 is 2.20 bits per heavy atom. The number of rotatable bonds is 4. The third kappa shape index (κ3) is 3.06. The summed E-state index contributed by atoms with van der Waals surface area (Å²) in [5.74, 6) is 0.602. The topological polar surface area (TPSA) is 67.2 Å². The van der Waals surface area contributed by atoms with Gasteiger partial charge in [-0.3, -0.25) is 4.79 Å². The number of carbonyl (C=O) groups is 1. The maximum absolute atomic E-state index is 11.6. The first-order valence-corrected chi connectivity index (χ1v) is 4.94. The van der Waals surface area contributed by atoms with E-state index in [1.807, 2.05) is 14.0 Å². The molecule has 1 amide bonds. The molecule has 1 unspecified atom stereocenters. The lowest BCUT2D eigenvalue weighted by Crippen LogP contribution is -2.37. The van der Waals surface area contributed by atoms with E-state index in [2.05, 4.69) is 15.6 Å². The molecular formula is C10H17N3O2. The van der Waals surface area contributed by atoms with Gasteiger partial charge in [0.15, 0.2) is 5.89 Å². The van der Waals surface area contributed by atoms with Crippen molar-refractivity contribution in [3.63, 3.8) is 0 Å². The fourth-order valence-corrected chi connectivity index (χ4v) is 1.17. The molecule has 0 saturated heterocycles. The molecule has 15 heavy (non-hydrogen) atoms. The molecule has 5 nitrogen and oxygen atoms in total. The lowest BCUT2D eigenvalue weighted by Gasteiger charge is -2.10. The van der Waals surface area contributed by atoms with Crippen LogP contribution >= 0.6 is 0 Å². The molecule has 0 saturated carbocycles. The predicted molar refractivity (Wildman–Crippen MR) is 56.8 cm³/mol. The molecule has 0 bridgehead atoms. The third-order valence-electron chi connectivity index (χ3n) is 2.17. The molecule has 0 fully saturated rings. The van der Waals surface area contributed by atoms with Crippen molar-refractivity contribution in [2.45, 2.75) is 26.8 Å². The number of aromatic nitrogens is 1. The van der Waals surface area contributed by atoms with Crippen LogP contribution in [0.15, 0.2) is 4.42 Å². The molecule has 84 valence electrons. The maximum atomic E-state index is 11.6. The van der Waals surface area contributed by atoms with Gasteiger partial charge in [-0.05, 0) is 20.9 Å². The Morgan fingerprint density at radius 1 is 1.53 bits per heavy atom. The van der Waals surface area contributed by atoms with Gasteiger partial charge < -0.3 is 15.1 Å². The summed E-state index contributed by atoms with van der Waals surface area (Å²) in [6, 6.07) is 0.235. The van der Waals surface area contributed by atoms with Crippen molar-refractivity contribution in [3.05, 3.63) is 17.3 Å². The molecule has 0 aliphatic rings. The van der Waals surface area contributed by atoms with Gasteiger partial charge in [0.25, 0.3) is 5.91 Å². The molecule has 5 heteroatoms. The van der Waals surface area contributed by atoms with Gasteiger partial charge in [-0.25, -0.2) is 4.98 Å². The molecular weight excluding hydrogens is 194 g/mol. The molecule has 1 heterocycles. The average molecular weight is 211 g/mol. The average Bonchev–Trinajstić information content (AvgIpc) is 2.53. The summed E-state index contributed by atoms with van der Waals surface area (Å²) in [4.78, 5) is 15.7. The Morgan fingerprint density at radius 3 is 2.67 bits per heavy atom. The number of oxazole rings is 1. The van der Waals surface area contributed by atoms with Crippen LogP contribution in [-0.2, 0) is 0 Å². The molecule has 1 rings (SSSR count). The van der Waals surface area contributed by atoms with E-state index in [1.54, 1.807) is 13.8 Å². The first kappa shape index (κ1) is 11.7. The van der Waals surface area contributed by atoms with E-state index in [4.69, 9.17) is 4.42 Å². The monoisotopic (exact) mass is 211 g/mol. The van der Waals surface area contributed by atoms with E-state index in [-0.39, 0.29) is 11.9 Å². The quantitative estimate of drug-likeness (QED) is 0.766. The number of amides is 1. The van der Waals surface area contributed by atoms with Gasteiger partial charge in [-0.1, -0.05) is 0 Å². The van der Waals surface area contributed by atoms with Crippen LogP contribution in [0.25, 0.3) is 0 Å². The van der Waals surface area contributed by atoms with Gasteiger partial charge in [0.05, 0.1) is 5.69 Å². The van der Waals surface area contributed by atoms with E-state index < -0.39 is 0 Å². The zero-order valence-electron chi connectivity index (χ0n) is 9.55. The first-order chi connectivity index (χ1) is 7.04. The van der Waals surface area contributed by atoms with Crippen molar-refractivity contribution in [1.82, 2.24) is 15.6 Å². The molecule has 0 aliphatic heterocycles. The molecule has 2 N–H and O–H groups in total. The normalized spacial score (nSPS) is 12.5. The molecule has 0 spiro atoms. The summed E-state index contributed by atoms with van der Waals surface area (Å²) in [5, 5.41) is 5.80. The highest BCUT2D eigenvalue weighted by molar-refractivity contribution is 5.92. The van der Waals surface area contributed by atoms with E-state index in [1.165, 1.54) is 0 Å². The second-order valence-corrected chi connectivity index (χ2v) is 3.55. The highest BCUT2D eigenvalue weighted by Crippen LogP contribution is 2.08. The fourth-order valence-electron chi connectivity index (χ4n) is 1.17. The lowest BCUT2D eigenvalue weighted by molar-refractivity contribution is 0.0920. The van der Waals surface area contributed by atoms with Crippen LogP contribution in [0.1, 0.15) is 29.1 Å².